The maximum absolute atomic E-state index is 10.3. The summed E-state index contributed by atoms with van der Waals surface area (Å²) in [5, 5.41) is 16.4. The summed E-state index contributed by atoms with van der Waals surface area (Å²) in [4.78, 5) is 10.3. The van der Waals surface area contributed by atoms with Crippen LogP contribution >= 0.6 is 0 Å². The van der Waals surface area contributed by atoms with Gasteiger partial charge in [0.05, 0.1) is 0 Å². The van der Waals surface area contributed by atoms with Crippen LogP contribution in [-0.2, 0) is 22.6 Å². The first-order valence-electron chi connectivity index (χ1n) is 6.81. The van der Waals surface area contributed by atoms with Gasteiger partial charge in [-0.1, -0.05) is 6.42 Å². The van der Waals surface area contributed by atoms with E-state index in [1.165, 1.54) is 25.7 Å². The lowest BCUT2D eigenvalue weighted by Gasteiger charge is -2.19. The van der Waals surface area contributed by atoms with E-state index < -0.39 is 5.97 Å². The number of fused-ring (bicyclic) bond motifs is 2. The van der Waals surface area contributed by atoms with Crippen LogP contribution in [0.2, 0.25) is 0 Å². The van der Waals surface area contributed by atoms with Gasteiger partial charge in [-0.3, -0.25) is 0 Å². The van der Waals surface area contributed by atoms with Crippen molar-refractivity contribution in [3.05, 3.63) is 11.8 Å². The highest BCUT2D eigenvalue weighted by molar-refractivity contribution is 5.67. The first kappa shape index (κ1) is 12.6. The summed E-state index contributed by atoms with van der Waals surface area (Å²) < 4.78 is 10.4. The van der Waals surface area contributed by atoms with Gasteiger partial charge in [0.25, 0.3) is 0 Å². The van der Waals surface area contributed by atoms with Crippen LogP contribution in [0.25, 0.3) is 0 Å². The summed E-state index contributed by atoms with van der Waals surface area (Å²) in [7, 11) is 0. The minimum absolute atomic E-state index is 0.0655. The molecule has 3 rings (SSSR count). The van der Waals surface area contributed by atoms with E-state index in [9.17, 15) is 4.79 Å². The number of rotatable bonds is 6. The Labute approximate surface area is 111 Å². The molecule has 2 bridgehead atoms. The summed E-state index contributed by atoms with van der Waals surface area (Å²) in [5.41, 5.74) is 0. The number of aromatic nitrogens is 2. The molecule has 1 heterocycles. The molecule has 2 aliphatic carbocycles. The average Bonchev–Trinajstić information content (AvgIpc) is 3.05. The molecule has 0 aliphatic heterocycles. The first-order valence-corrected chi connectivity index (χ1v) is 6.81. The molecule has 3 atom stereocenters. The lowest BCUT2D eigenvalue weighted by Crippen LogP contribution is -2.13. The number of carboxylic acid groups (broad SMARTS) is 1. The zero-order valence-corrected chi connectivity index (χ0v) is 10.7. The quantitative estimate of drug-likeness (QED) is 0.842. The molecule has 1 aromatic heterocycles. The highest BCUT2D eigenvalue weighted by atomic mass is 16.5. The van der Waals surface area contributed by atoms with Crippen LogP contribution in [0.5, 0.6) is 0 Å². The van der Waals surface area contributed by atoms with Crippen molar-refractivity contribution in [2.24, 2.45) is 17.8 Å². The zero-order chi connectivity index (χ0) is 13.2. The van der Waals surface area contributed by atoms with Crippen molar-refractivity contribution in [1.82, 2.24) is 10.2 Å². The van der Waals surface area contributed by atoms with Gasteiger partial charge in [-0.2, -0.15) is 0 Å². The molecule has 0 radical (unpaired) electrons. The number of carboxylic acids is 1. The second kappa shape index (κ2) is 5.28. The van der Waals surface area contributed by atoms with E-state index in [1.807, 2.05) is 0 Å². The molecule has 2 fully saturated rings. The van der Waals surface area contributed by atoms with Gasteiger partial charge in [0.15, 0.2) is 0 Å². The maximum atomic E-state index is 10.3. The molecule has 1 N–H and O–H groups in total. The average molecular weight is 266 g/mol. The lowest BCUT2D eigenvalue weighted by atomic mass is 9.86. The molecule has 0 saturated heterocycles. The molecule has 19 heavy (non-hydrogen) atoms. The molecule has 1 aromatic rings. The third-order valence-electron chi connectivity index (χ3n) is 4.28. The molecular weight excluding hydrogens is 248 g/mol. The maximum Gasteiger partial charge on any atom is 0.329 e. The van der Waals surface area contributed by atoms with Crippen molar-refractivity contribution < 1.29 is 19.1 Å². The molecule has 2 aliphatic rings. The largest absolute Gasteiger partial charge is 0.480 e. The smallest absolute Gasteiger partial charge is 0.329 e. The Morgan fingerprint density at radius 1 is 1.32 bits per heavy atom. The van der Waals surface area contributed by atoms with Crippen LogP contribution in [0.15, 0.2) is 4.42 Å². The van der Waals surface area contributed by atoms with Crippen molar-refractivity contribution in [3.8, 4) is 0 Å². The predicted octanol–water partition coefficient (Wildman–Crippen LogP) is 1.65. The molecule has 0 spiro atoms. The zero-order valence-electron chi connectivity index (χ0n) is 10.7. The van der Waals surface area contributed by atoms with E-state index in [4.69, 9.17) is 14.3 Å². The van der Waals surface area contributed by atoms with Crippen molar-refractivity contribution in [2.45, 2.75) is 38.7 Å². The SMILES string of the molecule is O=C(O)COCc1nnc(CC2CC3CCC2C3)o1. The predicted molar refractivity (Wildman–Crippen MR) is 64.2 cm³/mol. The third-order valence-corrected chi connectivity index (χ3v) is 4.28. The first-order chi connectivity index (χ1) is 9.20. The van der Waals surface area contributed by atoms with Gasteiger partial charge in [-0.25, -0.2) is 4.79 Å². The van der Waals surface area contributed by atoms with Crippen LogP contribution in [0, 0.1) is 17.8 Å². The number of hydrogen-bond acceptors (Lipinski definition) is 5. The molecular formula is C13H18N2O4. The summed E-state index contributed by atoms with van der Waals surface area (Å²) in [6.07, 6.45) is 6.25. The Kier molecular flexibility index (Phi) is 3.50. The fraction of sp³-hybridized carbons (Fsp3) is 0.769. The van der Waals surface area contributed by atoms with Crippen molar-refractivity contribution in [1.29, 1.82) is 0 Å². The second-order valence-corrected chi connectivity index (χ2v) is 5.62. The van der Waals surface area contributed by atoms with E-state index >= 15 is 0 Å². The van der Waals surface area contributed by atoms with Crippen LogP contribution in [0.3, 0.4) is 0 Å². The topological polar surface area (TPSA) is 85.5 Å². The number of aliphatic carboxylic acids is 1. The fourth-order valence-electron chi connectivity index (χ4n) is 3.51. The Bertz CT molecular complexity index is 459. The van der Waals surface area contributed by atoms with Gasteiger partial charge in [0, 0.05) is 6.42 Å². The van der Waals surface area contributed by atoms with E-state index in [2.05, 4.69) is 10.2 Å². The van der Waals surface area contributed by atoms with Gasteiger partial charge >= 0.3 is 5.97 Å². The fourth-order valence-corrected chi connectivity index (χ4v) is 3.51. The Morgan fingerprint density at radius 2 is 2.16 bits per heavy atom. The molecule has 104 valence electrons. The minimum atomic E-state index is -0.998. The summed E-state index contributed by atoms with van der Waals surface area (Å²) in [6, 6.07) is 0. The molecule has 6 heteroatoms. The monoisotopic (exact) mass is 266 g/mol. The van der Waals surface area contributed by atoms with Crippen molar-refractivity contribution in [3.63, 3.8) is 0 Å². The highest BCUT2D eigenvalue weighted by Crippen LogP contribution is 2.49. The Balaban J connectivity index is 1.49. The second-order valence-electron chi connectivity index (χ2n) is 5.62. The standard InChI is InChI=1S/C13H18N2O4/c16-13(17)7-18-6-12-15-14-11(19-12)5-10-4-8-1-2-9(10)3-8/h8-10H,1-7H2,(H,16,17). The van der Waals surface area contributed by atoms with E-state index in [-0.39, 0.29) is 13.2 Å². The minimum Gasteiger partial charge on any atom is -0.480 e. The summed E-state index contributed by atoms with van der Waals surface area (Å²) in [5.74, 6) is 2.46. The number of carbonyl (C=O) groups is 1. The third kappa shape index (κ3) is 2.94. The number of hydrogen-bond donors (Lipinski definition) is 1. The molecule has 0 aromatic carbocycles. The van der Waals surface area contributed by atoms with Gasteiger partial charge in [0.2, 0.25) is 11.8 Å². The van der Waals surface area contributed by atoms with Crippen LogP contribution in [0.4, 0.5) is 0 Å². The molecule has 6 nitrogen and oxygen atoms in total. The van der Waals surface area contributed by atoms with Crippen LogP contribution in [0.1, 0.15) is 37.5 Å². The van der Waals surface area contributed by atoms with Gasteiger partial charge in [0.1, 0.15) is 13.2 Å². The summed E-state index contributed by atoms with van der Waals surface area (Å²) >= 11 is 0. The molecule has 0 amide bonds. The van der Waals surface area contributed by atoms with E-state index in [0.717, 1.165) is 18.3 Å². The van der Waals surface area contributed by atoms with Crippen molar-refractivity contribution >= 4 is 5.97 Å². The van der Waals surface area contributed by atoms with Gasteiger partial charge in [-0.05, 0) is 37.0 Å². The summed E-state index contributed by atoms with van der Waals surface area (Å²) in [6.45, 7) is -0.278. The Hall–Kier alpha value is -1.43. The molecule has 3 unspecified atom stereocenters. The molecule has 2 saturated carbocycles. The van der Waals surface area contributed by atoms with Crippen molar-refractivity contribution in [2.75, 3.05) is 6.61 Å². The van der Waals surface area contributed by atoms with Crippen LogP contribution < -0.4 is 0 Å². The lowest BCUT2D eigenvalue weighted by molar-refractivity contribution is -0.142. The van der Waals surface area contributed by atoms with Crippen LogP contribution in [-0.4, -0.2) is 27.9 Å². The van der Waals surface area contributed by atoms with E-state index in [1.54, 1.807) is 0 Å². The van der Waals surface area contributed by atoms with E-state index in [0.29, 0.717) is 17.7 Å². The number of nitrogens with zero attached hydrogens (tertiary/aromatic N) is 2. The normalized spacial score (nSPS) is 28.9. The number of ether oxygens (including phenoxy) is 1. The highest BCUT2D eigenvalue weighted by Gasteiger charge is 2.39. The van der Waals surface area contributed by atoms with Gasteiger partial charge in [-0.15, -0.1) is 10.2 Å². The van der Waals surface area contributed by atoms with Gasteiger partial charge < -0.3 is 14.3 Å². The Morgan fingerprint density at radius 3 is 2.84 bits per heavy atom.